The number of nitriles is 1. The van der Waals surface area contributed by atoms with Crippen LogP contribution in [-0.4, -0.2) is 4.57 Å². The predicted octanol–water partition coefficient (Wildman–Crippen LogP) is 3.16. The van der Waals surface area contributed by atoms with E-state index in [4.69, 9.17) is 16.9 Å². The van der Waals surface area contributed by atoms with Crippen LogP contribution in [0, 0.1) is 11.3 Å². The summed E-state index contributed by atoms with van der Waals surface area (Å²) in [5, 5.41) is 12.7. The number of aromatic nitrogens is 1. The summed E-state index contributed by atoms with van der Waals surface area (Å²) < 4.78 is 1.99. The summed E-state index contributed by atoms with van der Waals surface area (Å²) in [4.78, 5) is 0. The topological polar surface area (TPSA) is 40.8 Å². The lowest BCUT2D eigenvalue weighted by molar-refractivity contribution is 0.920. The van der Waals surface area contributed by atoms with Crippen molar-refractivity contribution in [1.29, 1.82) is 5.26 Å². The third-order valence-corrected chi connectivity index (χ3v) is 2.80. The van der Waals surface area contributed by atoms with Crippen molar-refractivity contribution in [3.8, 4) is 6.07 Å². The van der Waals surface area contributed by atoms with Crippen molar-refractivity contribution in [2.24, 2.45) is 7.05 Å². The lowest BCUT2D eigenvalue weighted by atomic mass is 10.2. The van der Waals surface area contributed by atoms with Gasteiger partial charge in [-0.05, 0) is 29.8 Å². The molecule has 1 aromatic carbocycles. The maximum Gasteiger partial charge on any atom is 0.0992 e. The number of rotatable bonds is 3. The quantitative estimate of drug-likeness (QED) is 0.902. The SMILES string of the molecule is Cn1ccc(CNc2cc(C#N)ccc2Cl)c1. The molecule has 17 heavy (non-hydrogen) atoms. The minimum Gasteiger partial charge on any atom is -0.380 e. The van der Waals surface area contributed by atoms with Crippen molar-refractivity contribution >= 4 is 17.3 Å². The molecule has 0 bridgehead atoms. The van der Waals surface area contributed by atoms with Crippen LogP contribution < -0.4 is 5.32 Å². The largest absolute Gasteiger partial charge is 0.380 e. The Balaban J connectivity index is 2.11. The van der Waals surface area contributed by atoms with Gasteiger partial charge in [0, 0.05) is 26.0 Å². The second-order valence-electron chi connectivity index (χ2n) is 3.85. The van der Waals surface area contributed by atoms with Gasteiger partial charge in [-0.15, -0.1) is 0 Å². The van der Waals surface area contributed by atoms with Crippen LogP contribution in [0.15, 0.2) is 36.7 Å². The van der Waals surface area contributed by atoms with Gasteiger partial charge in [0.25, 0.3) is 0 Å². The normalized spacial score (nSPS) is 9.94. The van der Waals surface area contributed by atoms with Gasteiger partial charge in [-0.25, -0.2) is 0 Å². The first-order valence-electron chi connectivity index (χ1n) is 5.23. The molecule has 86 valence electrons. The molecule has 0 atom stereocenters. The van der Waals surface area contributed by atoms with Crippen LogP contribution in [0.1, 0.15) is 11.1 Å². The van der Waals surface area contributed by atoms with E-state index in [-0.39, 0.29) is 0 Å². The van der Waals surface area contributed by atoms with E-state index in [1.54, 1.807) is 18.2 Å². The summed E-state index contributed by atoms with van der Waals surface area (Å²) >= 11 is 6.05. The minimum atomic E-state index is 0.602. The molecule has 0 fully saturated rings. The second-order valence-corrected chi connectivity index (χ2v) is 4.25. The van der Waals surface area contributed by atoms with Crippen LogP contribution in [-0.2, 0) is 13.6 Å². The fourth-order valence-corrected chi connectivity index (χ4v) is 1.78. The maximum atomic E-state index is 8.82. The van der Waals surface area contributed by atoms with Crippen LogP contribution in [0.5, 0.6) is 0 Å². The van der Waals surface area contributed by atoms with Crippen LogP contribution >= 0.6 is 11.6 Å². The first-order valence-corrected chi connectivity index (χ1v) is 5.61. The van der Waals surface area contributed by atoms with Crippen molar-refractivity contribution in [2.75, 3.05) is 5.32 Å². The fraction of sp³-hybridized carbons (Fsp3) is 0.154. The van der Waals surface area contributed by atoms with Crippen molar-refractivity contribution in [2.45, 2.75) is 6.54 Å². The Labute approximate surface area is 105 Å². The number of benzene rings is 1. The molecule has 0 radical (unpaired) electrons. The highest BCUT2D eigenvalue weighted by Gasteiger charge is 2.02. The molecule has 0 aliphatic rings. The van der Waals surface area contributed by atoms with E-state index >= 15 is 0 Å². The first kappa shape index (κ1) is 11.6. The molecular weight excluding hydrogens is 234 g/mol. The van der Waals surface area contributed by atoms with Gasteiger partial charge >= 0.3 is 0 Å². The molecule has 0 saturated carbocycles. The van der Waals surface area contributed by atoms with E-state index < -0.39 is 0 Å². The molecular formula is C13H12ClN3. The molecule has 0 unspecified atom stereocenters. The molecule has 2 aromatic rings. The molecule has 4 heteroatoms. The Hall–Kier alpha value is -1.92. The van der Waals surface area contributed by atoms with Gasteiger partial charge in [0.15, 0.2) is 0 Å². The highest BCUT2D eigenvalue weighted by molar-refractivity contribution is 6.33. The molecule has 1 aromatic heterocycles. The lowest BCUT2D eigenvalue weighted by Crippen LogP contribution is -1.99. The van der Waals surface area contributed by atoms with E-state index in [0.29, 0.717) is 17.1 Å². The lowest BCUT2D eigenvalue weighted by Gasteiger charge is -2.07. The van der Waals surface area contributed by atoms with Gasteiger partial charge in [-0.1, -0.05) is 11.6 Å². The number of hydrogen-bond donors (Lipinski definition) is 1. The molecule has 1 heterocycles. The summed E-state index contributed by atoms with van der Waals surface area (Å²) in [6.07, 6.45) is 4.03. The van der Waals surface area contributed by atoms with Gasteiger partial charge in [0.05, 0.1) is 22.3 Å². The number of nitrogens with one attached hydrogen (secondary N) is 1. The predicted molar refractivity (Wildman–Crippen MR) is 68.9 cm³/mol. The van der Waals surface area contributed by atoms with Crippen molar-refractivity contribution in [3.05, 3.63) is 52.8 Å². The van der Waals surface area contributed by atoms with E-state index in [9.17, 15) is 0 Å². The summed E-state index contributed by atoms with van der Waals surface area (Å²) in [6.45, 7) is 0.690. The van der Waals surface area contributed by atoms with E-state index in [0.717, 1.165) is 5.69 Å². The molecule has 2 rings (SSSR count). The number of anilines is 1. The summed E-state index contributed by atoms with van der Waals surface area (Å²) in [7, 11) is 1.98. The highest BCUT2D eigenvalue weighted by Crippen LogP contribution is 2.23. The Bertz CT molecular complexity index is 566. The van der Waals surface area contributed by atoms with Crippen molar-refractivity contribution < 1.29 is 0 Å². The van der Waals surface area contributed by atoms with Gasteiger partial charge < -0.3 is 9.88 Å². The van der Waals surface area contributed by atoms with E-state index in [1.807, 2.05) is 30.1 Å². The van der Waals surface area contributed by atoms with Crippen molar-refractivity contribution in [3.63, 3.8) is 0 Å². The zero-order valence-corrected chi connectivity index (χ0v) is 10.2. The first-order chi connectivity index (χ1) is 8.19. The van der Waals surface area contributed by atoms with Crippen LogP contribution in [0.3, 0.4) is 0 Å². The van der Waals surface area contributed by atoms with E-state index in [1.165, 1.54) is 5.56 Å². The maximum absolute atomic E-state index is 8.82. The Morgan fingerprint density at radius 2 is 2.24 bits per heavy atom. The molecule has 0 amide bonds. The summed E-state index contributed by atoms with van der Waals surface area (Å²) in [6, 6.07) is 9.32. The average Bonchev–Trinajstić information content (AvgIpc) is 2.74. The Kier molecular flexibility index (Phi) is 3.36. The van der Waals surface area contributed by atoms with Gasteiger partial charge in [0.2, 0.25) is 0 Å². The zero-order chi connectivity index (χ0) is 12.3. The number of aryl methyl sites for hydroxylation is 1. The monoisotopic (exact) mass is 245 g/mol. The molecule has 1 N–H and O–H groups in total. The number of nitrogens with zero attached hydrogens (tertiary/aromatic N) is 2. The van der Waals surface area contributed by atoms with Crippen LogP contribution in [0.4, 0.5) is 5.69 Å². The van der Waals surface area contributed by atoms with Crippen molar-refractivity contribution in [1.82, 2.24) is 4.57 Å². The van der Waals surface area contributed by atoms with Crippen LogP contribution in [0.25, 0.3) is 0 Å². The Morgan fingerprint density at radius 3 is 2.88 bits per heavy atom. The fourth-order valence-electron chi connectivity index (χ4n) is 1.59. The van der Waals surface area contributed by atoms with Crippen LogP contribution in [0.2, 0.25) is 5.02 Å². The van der Waals surface area contributed by atoms with E-state index in [2.05, 4.69) is 11.4 Å². The zero-order valence-electron chi connectivity index (χ0n) is 9.44. The molecule has 0 spiro atoms. The molecule has 3 nitrogen and oxygen atoms in total. The number of hydrogen-bond acceptors (Lipinski definition) is 2. The second kappa shape index (κ2) is 4.94. The Morgan fingerprint density at radius 1 is 1.41 bits per heavy atom. The minimum absolute atomic E-state index is 0.602. The van der Waals surface area contributed by atoms with Gasteiger partial charge in [-0.3, -0.25) is 0 Å². The third kappa shape index (κ3) is 2.80. The number of halogens is 1. The summed E-state index contributed by atoms with van der Waals surface area (Å²) in [5.74, 6) is 0. The smallest absolute Gasteiger partial charge is 0.0992 e. The molecule has 0 saturated heterocycles. The standard InChI is InChI=1S/C13H12ClN3/c1-17-5-4-11(9-17)8-16-13-6-10(7-15)2-3-12(13)14/h2-6,9,16H,8H2,1H3. The molecule has 0 aliphatic heterocycles. The average molecular weight is 246 g/mol. The van der Waals surface area contributed by atoms with Gasteiger partial charge in [-0.2, -0.15) is 5.26 Å². The summed E-state index contributed by atoms with van der Waals surface area (Å²) in [5.41, 5.74) is 2.56. The van der Waals surface area contributed by atoms with Gasteiger partial charge in [0.1, 0.15) is 0 Å². The third-order valence-electron chi connectivity index (χ3n) is 2.47. The highest BCUT2D eigenvalue weighted by atomic mass is 35.5. The molecule has 0 aliphatic carbocycles.